The van der Waals surface area contributed by atoms with Crippen molar-refractivity contribution in [2.24, 2.45) is 11.7 Å². The van der Waals surface area contributed by atoms with Crippen LogP contribution in [0.25, 0.3) is 0 Å². The average Bonchev–Trinajstić information content (AvgIpc) is 2.87. The number of nitrogens with two attached hydrogens (primary N) is 1. The summed E-state index contributed by atoms with van der Waals surface area (Å²) >= 11 is 0. The van der Waals surface area contributed by atoms with Gasteiger partial charge in [-0.15, -0.1) is 0 Å². The first-order valence-corrected chi connectivity index (χ1v) is 7.07. The van der Waals surface area contributed by atoms with E-state index in [-0.39, 0.29) is 5.92 Å². The SMILES string of the molecule is CCN.CCn1ccnc1CN1CCC[C@H](C#N)C1. The lowest BCUT2D eigenvalue weighted by atomic mass is 10.00. The number of nitriles is 1. The summed E-state index contributed by atoms with van der Waals surface area (Å²) in [4.78, 5) is 6.71. The summed E-state index contributed by atoms with van der Waals surface area (Å²) in [5.41, 5.74) is 4.85. The summed E-state index contributed by atoms with van der Waals surface area (Å²) in [5, 5.41) is 8.94. The van der Waals surface area contributed by atoms with Gasteiger partial charge >= 0.3 is 0 Å². The number of piperidine rings is 1. The quantitative estimate of drug-likeness (QED) is 0.899. The average molecular weight is 263 g/mol. The van der Waals surface area contributed by atoms with Crippen LogP contribution in [-0.2, 0) is 13.1 Å². The minimum atomic E-state index is 0.207. The van der Waals surface area contributed by atoms with Crippen LogP contribution in [0.15, 0.2) is 12.4 Å². The predicted octanol–water partition coefficient (Wildman–Crippen LogP) is 1.60. The third kappa shape index (κ3) is 5.01. The predicted molar refractivity (Wildman–Crippen MR) is 76.2 cm³/mol. The molecule has 1 saturated heterocycles. The normalized spacial score (nSPS) is 19.4. The molecule has 1 atom stereocenters. The Morgan fingerprint density at radius 1 is 1.53 bits per heavy atom. The van der Waals surface area contributed by atoms with Gasteiger partial charge in [-0.1, -0.05) is 6.92 Å². The van der Waals surface area contributed by atoms with E-state index < -0.39 is 0 Å². The molecule has 2 N–H and O–H groups in total. The fourth-order valence-corrected chi connectivity index (χ4v) is 2.28. The Hall–Kier alpha value is -1.38. The Bertz CT molecular complexity index is 393. The lowest BCUT2D eigenvalue weighted by molar-refractivity contribution is 0.186. The van der Waals surface area contributed by atoms with Gasteiger partial charge in [-0.3, -0.25) is 4.90 Å². The largest absolute Gasteiger partial charge is 0.334 e. The van der Waals surface area contributed by atoms with Gasteiger partial charge in [-0.05, 0) is 32.9 Å². The van der Waals surface area contributed by atoms with Crippen molar-refractivity contribution in [2.75, 3.05) is 19.6 Å². The molecular formula is C14H25N5. The third-order valence-corrected chi connectivity index (χ3v) is 3.20. The summed E-state index contributed by atoms with van der Waals surface area (Å²) in [6.07, 6.45) is 6.05. The Kier molecular flexibility index (Phi) is 7.16. The smallest absolute Gasteiger partial charge is 0.122 e. The molecule has 5 nitrogen and oxygen atoms in total. The van der Waals surface area contributed by atoms with Crippen molar-refractivity contribution in [3.63, 3.8) is 0 Å². The molecule has 0 unspecified atom stereocenters. The molecule has 0 bridgehead atoms. The maximum atomic E-state index is 8.94. The number of hydrogen-bond acceptors (Lipinski definition) is 4. The molecule has 0 radical (unpaired) electrons. The van der Waals surface area contributed by atoms with E-state index in [0.717, 1.165) is 51.4 Å². The Morgan fingerprint density at radius 3 is 2.89 bits per heavy atom. The van der Waals surface area contributed by atoms with Crippen LogP contribution >= 0.6 is 0 Å². The molecule has 0 aromatic carbocycles. The van der Waals surface area contributed by atoms with Crippen LogP contribution < -0.4 is 5.73 Å². The van der Waals surface area contributed by atoms with Crippen molar-refractivity contribution in [3.05, 3.63) is 18.2 Å². The number of imidazole rings is 1. The zero-order valence-electron chi connectivity index (χ0n) is 12.0. The van der Waals surface area contributed by atoms with Crippen LogP contribution in [0.1, 0.15) is 32.5 Å². The summed E-state index contributed by atoms with van der Waals surface area (Å²) < 4.78 is 2.16. The Morgan fingerprint density at radius 2 is 2.26 bits per heavy atom. The highest BCUT2D eigenvalue weighted by Gasteiger charge is 2.20. The molecule has 106 valence electrons. The molecule has 0 saturated carbocycles. The topological polar surface area (TPSA) is 70.9 Å². The second-order valence-electron chi connectivity index (χ2n) is 4.74. The van der Waals surface area contributed by atoms with Crippen LogP contribution in [0, 0.1) is 17.2 Å². The van der Waals surface area contributed by atoms with Crippen molar-refractivity contribution < 1.29 is 0 Å². The molecule has 19 heavy (non-hydrogen) atoms. The first-order valence-electron chi connectivity index (χ1n) is 7.07. The second kappa shape index (κ2) is 8.68. The molecule has 1 aliphatic rings. The van der Waals surface area contributed by atoms with Gasteiger partial charge in [0, 0.05) is 25.5 Å². The number of aryl methyl sites for hydroxylation is 1. The molecule has 1 aromatic rings. The third-order valence-electron chi connectivity index (χ3n) is 3.20. The molecule has 5 heteroatoms. The summed E-state index contributed by atoms with van der Waals surface area (Å²) in [5.74, 6) is 1.32. The van der Waals surface area contributed by atoms with E-state index in [9.17, 15) is 0 Å². The van der Waals surface area contributed by atoms with Gasteiger partial charge in [-0.25, -0.2) is 4.98 Å². The van der Waals surface area contributed by atoms with E-state index in [1.54, 1.807) is 0 Å². The molecular weight excluding hydrogens is 238 g/mol. The maximum Gasteiger partial charge on any atom is 0.122 e. The van der Waals surface area contributed by atoms with Gasteiger partial charge in [-0.2, -0.15) is 5.26 Å². The van der Waals surface area contributed by atoms with Crippen LogP contribution in [0.5, 0.6) is 0 Å². The fourth-order valence-electron chi connectivity index (χ4n) is 2.28. The first kappa shape index (κ1) is 15.7. The van der Waals surface area contributed by atoms with Gasteiger partial charge in [0.15, 0.2) is 0 Å². The van der Waals surface area contributed by atoms with Gasteiger partial charge in [0.1, 0.15) is 5.82 Å². The lowest BCUT2D eigenvalue weighted by Gasteiger charge is -2.29. The first-order chi connectivity index (χ1) is 9.24. The van der Waals surface area contributed by atoms with Crippen LogP contribution in [0.4, 0.5) is 0 Å². The molecule has 1 aromatic heterocycles. The zero-order chi connectivity index (χ0) is 14.1. The number of aromatic nitrogens is 2. The maximum absolute atomic E-state index is 8.94. The summed E-state index contributed by atoms with van der Waals surface area (Å²) in [6.45, 7) is 8.60. The van der Waals surface area contributed by atoms with Crippen molar-refractivity contribution in [2.45, 2.75) is 39.8 Å². The highest BCUT2D eigenvalue weighted by atomic mass is 15.2. The Balaban J connectivity index is 0.000000550. The highest BCUT2D eigenvalue weighted by Crippen LogP contribution is 2.17. The standard InChI is InChI=1S/C12H18N4.C2H7N/c1-2-16-7-5-14-12(16)10-15-6-3-4-11(8-13)9-15;1-2-3/h5,7,11H,2-4,6,9-10H2,1H3;2-3H2,1H3/t11-;/m1./s1. The molecule has 2 heterocycles. The number of hydrogen-bond donors (Lipinski definition) is 1. The van der Waals surface area contributed by atoms with E-state index in [1.165, 1.54) is 0 Å². The van der Waals surface area contributed by atoms with Gasteiger partial charge in [0.05, 0.1) is 18.5 Å². The second-order valence-corrected chi connectivity index (χ2v) is 4.74. The Labute approximate surface area is 116 Å². The fraction of sp³-hybridized carbons (Fsp3) is 0.714. The van der Waals surface area contributed by atoms with Gasteiger partial charge < -0.3 is 10.3 Å². The summed E-state index contributed by atoms with van der Waals surface area (Å²) in [7, 11) is 0. The number of rotatable bonds is 3. The molecule has 0 spiro atoms. The van der Waals surface area contributed by atoms with E-state index in [2.05, 4.69) is 27.4 Å². The minimum absolute atomic E-state index is 0.207. The van der Waals surface area contributed by atoms with Crippen molar-refractivity contribution in [1.82, 2.24) is 14.5 Å². The molecule has 0 aliphatic carbocycles. The van der Waals surface area contributed by atoms with Crippen molar-refractivity contribution in [3.8, 4) is 6.07 Å². The monoisotopic (exact) mass is 263 g/mol. The molecule has 2 rings (SSSR count). The van der Waals surface area contributed by atoms with E-state index in [1.807, 2.05) is 19.3 Å². The van der Waals surface area contributed by atoms with Crippen molar-refractivity contribution >= 4 is 0 Å². The highest BCUT2D eigenvalue weighted by molar-refractivity contribution is 4.95. The van der Waals surface area contributed by atoms with Gasteiger partial charge in [0.25, 0.3) is 0 Å². The number of likely N-dealkylation sites (tertiary alicyclic amines) is 1. The van der Waals surface area contributed by atoms with E-state index >= 15 is 0 Å². The van der Waals surface area contributed by atoms with Crippen LogP contribution in [0.2, 0.25) is 0 Å². The molecule has 0 amide bonds. The van der Waals surface area contributed by atoms with Crippen LogP contribution in [0.3, 0.4) is 0 Å². The van der Waals surface area contributed by atoms with Crippen LogP contribution in [-0.4, -0.2) is 34.1 Å². The molecule has 1 aliphatic heterocycles. The minimum Gasteiger partial charge on any atom is -0.334 e. The zero-order valence-corrected chi connectivity index (χ0v) is 12.0. The lowest BCUT2D eigenvalue weighted by Crippen LogP contribution is -2.35. The number of nitrogens with zero attached hydrogens (tertiary/aromatic N) is 4. The molecule has 1 fully saturated rings. The van der Waals surface area contributed by atoms with E-state index in [4.69, 9.17) is 11.0 Å². The summed E-state index contributed by atoms with van der Waals surface area (Å²) in [6, 6.07) is 2.37. The van der Waals surface area contributed by atoms with Gasteiger partial charge in [0.2, 0.25) is 0 Å². The van der Waals surface area contributed by atoms with E-state index in [0.29, 0.717) is 0 Å². The van der Waals surface area contributed by atoms with Crippen molar-refractivity contribution in [1.29, 1.82) is 5.26 Å².